The molecule has 0 radical (unpaired) electrons. The van der Waals surface area contributed by atoms with Gasteiger partial charge in [-0.2, -0.15) is 4.98 Å². The summed E-state index contributed by atoms with van der Waals surface area (Å²) in [4.78, 5) is 19.0. The Morgan fingerprint density at radius 1 is 1.07 bits per heavy atom. The molecule has 14 heavy (non-hydrogen) atoms. The zero-order valence-corrected chi connectivity index (χ0v) is 7.12. The van der Waals surface area contributed by atoms with Crippen molar-refractivity contribution in [2.45, 2.75) is 0 Å². The summed E-state index contributed by atoms with van der Waals surface area (Å²) in [5.74, 6) is 0.534. The third-order valence-electron chi connectivity index (χ3n) is 1.41. The maximum atomic E-state index is 5.38. The Morgan fingerprint density at radius 3 is 2.57 bits per heavy atom. The lowest BCUT2D eigenvalue weighted by Crippen LogP contribution is -2.02. The summed E-state index contributed by atoms with van der Waals surface area (Å²) in [5, 5.41) is 2.88. The van der Waals surface area contributed by atoms with Gasteiger partial charge in [-0.15, -0.1) is 0 Å². The average Bonchev–Trinajstić information content (AvgIpc) is 2.19. The van der Waals surface area contributed by atoms with Gasteiger partial charge in [-0.25, -0.2) is 19.9 Å². The van der Waals surface area contributed by atoms with Crippen molar-refractivity contribution >= 4 is 17.6 Å². The molecule has 0 amide bonds. The first-order valence-corrected chi connectivity index (χ1v) is 3.81. The zero-order chi connectivity index (χ0) is 9.80. The molecule has 0 bridgehead atoms. The summed E-state index contributed by atoms with van der Waals surface area (Å²) < 4.78 is 0. The first kappa shape index (κ1) is 8.30. The van der Waals surface area contributed by atoms with Crippen molar-refractivity contribution in [3.05, 3.63) is 25.0 Å². The quantitative estimate of drug-likeness (QED) is 0.684. The molecule has 0 spiro atoms. The Hall–Kier alpha value is -2.31. The first-order valence-electron chi connectivity index (χ1n) is 3.81. The molecule has 0 aliphatic heterocycles. The van der Waals surface area contributed by atoms with Crippen molar-refractivity contribution in [1.82, 2.24) is 24.9 Å². The van der Waals surface area contributed by atoms with Gasteiger partial charge < -0.3 is 11.1 Å². The molecule has 3 N–H and O–H groups in total. The minimum Gasteiger partial charge on any atom is -0.368 e. The van der Waals surface area contributed by atoms with Gasteiger partial charge >= 0.3 is 0 Å². The van der Waals surface area contributed by atoms with E-state index < -0.39 is 0 Å². The van der Waals surface area contributed by atoms with Crippen LogP contribution in [0.1, 0.15) is 0 Å². The second kappa shape index (κ2) is 3.60. The number of nitrogen functional groups attached to an aromatic ring is 1. The van der Waals surface area contributed by atoms with Crippen molar-refractivity contribution < 1.29 is 0 Å². The molecule has 7 nitrogen and oxygen atoms in total. The van der Waals surface area contributed by atoms with Crippen molar-refractivity contribution in [3.63, 3.8) is 0 Å². The third-order valence-corrected chi connectivity index (χ3v) is 1.41. The molecule has 70 valence electrons. The fourth-order valence-electron chi connectivity index (χ4n) is 0.862. The third kappa shape index (κ3) is 1.89. The summed E-state index contributed by atoms with van der Waals surface area (Å²) >= 11 is 0. The van der Waals surface area contributed by atoms with Crippen molar-refractivity contribution in [1.29, 1.82) is 0 Å². The molecule has 2 aromatic heterocycles. The topological polar surface area (TPSA) is 102 Å². The highest BCUT2D eigenvalue weighted by Crippen LogP contribution is 2.08. The standard InChI is InChI=1S/C7H7N7/c8-6-11-4-12-7(14-6)13-5-1-9-3-10-2-5/h1-4H,(H3,8,11,12,13,14). The maximum absolute atomic E-state index is 5.38. The average molecular weight is 189 g/mol. The minimum atomic E-state index is 0.166. The Balaban J connectivity index is 2.19. The molecule has 2 heterocycles. The van der Waals surface area contributed by atoms with Crippen LogP contribution in [0.4, 0.5) is 17.6 Å². The normalized spacial score (nSPS) is 9.71. The lowest BCUT2D eigenvalue weighted by Gasteiger charge is -2.01. The number of nitrogens with zero attached hydrogens (tertiary/aromatic N) is 5. The van der Waals surface area contributed by atoms with Crippen LogP contribution in [0.5, 0.6) is 0 Å². The Bertz CT molecular complexity index is 415. The van der Waals surface area contributed by atoms with Crippen LogP contribution < -0.4 is 11.1 Å². The predicted molar refractivity (Wildman–Crippen MR) is 49.6 cm³/mol. The highest BCUT2D eigenvalue weighted by molar-refractivity contribution is 5.50. The molecule has 0 saturated heterocycles. The monoisotopic (exact) mass is 189 g/mol. The summed E-state index contributed by atoms with van der Waals surface area (Å²) in [7, 11) is 0. The molecular weight excluding hydrogens is 182 g/mol. The summed E-state index contributed by atoms with van der Waals surface area (Å²) in [6, 6.07) is 0. The molecule has 2 rings (SSSR count). The maximum Gasteiger partial charge on any atom is 0.232 e. The molecule has 0 aliphatic rings. The summed E-state index contributed by atoms with van der Waals surface area (Å²) in [5.41, 5.74) is 6.07. The number of nitrogens with two attached hydrogens (primary N) is 1. The van der Waals surface area contributed by atoms with Crippen LogP contribution in [-0.4, -0.2) is 24.9 Å². The van der Waals surface area contributed by atoms with Crippen LogP contribution in [0.3, 0.4) is 0 Å². The van der Waals surface area contributed by atoms with Crippen LogP contribution in [0.2, 0.25) is 0 Å². The van der Waals surface area contributed by atoms with E-state index in [1.807, 2.05) is 0 Å². The first-order chi connectivity index (χ1) is 6.84. The summed E-state index contributed by atoms with van der Waals surface area (Å²) in [6.07, 6.45) is 5.97. The molecule has 0 aromatic carbocycles. The molecule has 7 heteroatoms. The van der Waals surface area contributed by atoms with E-state index in [-0.39, 0.29) is 5.95 Å². The van der Waals surface area contributed by atoms with E-state index in [0.717, 1.165) is 0 Å². The van der Waals surface area contributed by atoms with Gasteiger partial charge in [-0.1, -0.05) is 0 Å². The number of rotatable bonds is 2. The fraction of sp³-hybridized carbons (Fsp3) is 0. The van der Waals surface area contributed by atoms with E-state index in [2.05, 4.69) is 30.2 Å². The van der Waals surface area contributed by atoms with Crippen LogP contribution in [0.15, 0.2) is 25.0 Å². The van der Waals surface area contributed by atoms with Crippen molar-refractivity contribution in [3.8, 4) is 0 Å². The largest absolute Gasteiger partial charge is 0.368 e. The molecule has 2 aromatic rings. The van der Waals surface area contributed by atoms with Crippen molar-refractivity contribution in [2.75, 3.05) is 11.1 Å². The Kier molecular flexibility index (Phi) is 2.14. The molecule has 0 atom stereocenters. The SMILES string of the molecule is Nc1ncnc(Nc2cncnc2)n1. The van der Waals surface area contributed by atoms with Gasteiger partial charge in [0.05, 0.1) is 18.1 Å². The second-order valence-electron chi connectivity index (χ2n) is 2.42. The number of anilines is 3. The predicted octanol–water partition coefficient (Wildman–Crippen LogP) is -0.0126. The lowest BCUT2D eigenvalue weighted by molar-refractivity contribution is 1.06. The number of nitrogens with one attached hydrogen (secondary N) is 1. The van der Waals surface area contributed by atoms with Crippen LogP contribution in [0, 0.1) is 0 Å². The minimum absolute atomic E-state index is 0.166. The van der Waals surface area contributed by atoms with E-state index in [4.69, 9.17) is 5.73 Å². The van der Waals surface area contributed by atoms with E-state index in [1.165, 1.54) is 12.7 Å². The highest BCUT2D eigenvalue weighted by atomic mass is 15.2. The lowest BCUT2D eigenvalue weighted by atomic mass is 10.5. The van der Waals surface area contributed by atoms with E-state index in [0.29, 0.717) is 11.6 Å². The smallest absolute Gasteiger partial charge is 0.232 e. The van der Waals surface area contributed by atoms with Crippen LogP contribution in [-0.2, 0) is 0 Å². The number of hydrogen-bond acceptors (Lipinski definition) is 7. The van der Waals surface area contributed by atoms with Gasteiger partial charge in [-0.05, 0) is 0 Å². The van der Waals surface area contributed by atoms with Gasteiger partial charge in [-0.3, -0.25) is 0 Å². The molecule has 0 unspecified atom stereocenters. The molecule has 0 fully saturated rings. The van der Waals surface area contributed by atoms with E-state index in [9.17, 15) is 0 Å². The summed E-state index contributed by atoms with van der Waals surface area (Å²) in [6.45, 7) is 0. The van der Waals surface area contributed by atoms with E-state index >= 15 is 0 Å². The Labute approximate surface area is 79.5 Å². The van der Waals surface area contributed by atoms with Crippen LogP contribution in [0.25, 0.3) is 0 Å². The zero-order valence-electron chi connectivity index (χ0n) is 7.12. The van der Waals surface area contributed by atoms with E-state index in [1.54, 1.807) is 12.4 Å². The van der Waals surface area contributed by atoms with Gasteiger partial charge in [0.2, 0.25) is 11.9 Å². The molecule has 0 saturated carbocycles. The van der Waals surface area contributed by atoms with Gasteiger partial charge in [0.15, 0.2) is 0 Å². The van der Waals surface area contributed by atoms with Gasteiger partial charge in [0, 0.05) is 0 Å². The van der Waals surface area contributed by atoms with Crippen LogP contribution >= 0.6 is 0 Å². The number of hydrogen-bond donors (Lipinski definition) is 2. The molecular formula is C7H7N7. The van der Waals surface area contributed by atoms with Crippen molar-refractivity contribution in [2.24, 2.45) is 0 Å². The Morgan fingerprint density at radius 2 is 1.86 bits per heavy atom. The molecule has 0 aliphatic carbocycles. The number of aromatic nitrogens is 5. The second-order valence-corrected chi connectivity index (χ2v) is 2.42. The fourth-order valence-corrected chi connectivity index (χ4v) is 0.862. The van der Waals surface area contributed by atoms with Gasteiger partial charge in [0.1, 0.15) is 12.7 Å². The highest BCUT2D eigenvalue weighted by Gasteiger charge is 1.97. The van der Waals surface area contributed by atoms with Gasteiger partial charge in [0.25, 0.3) is 0 Å².